The van der Waals surface area contributed by atoms with Gasteiger partial charge >= 0.3 is 0 Å². The highest BCUT2D eigenvalue weighted by atomic mass is 127. The van der Waals surface area contributed by atoms with Crippen LogP contribution in [0, 0.1) is 18.8 Å². The molecular formula is C24H41IN4O3. The standard InChI is InChI=1S/C24H40N4O3.HI/c1-18(2)22(28-8-11-29-12-9-28)15-27-24(25-4)26-14-21-6-5-19(3)13-23(21)31-17-20-7-10-30-16-20;/h5-6,13,18,20,22H,7-12,14-17H2,1-4H3,(H2,25,26,27);1H. The van der Waals surface area contributed by atoms with Crippen molar-refractivity contribution in [2.75, 3.05) is 59.7 Å². The number of hydrogen-bond donors (Lipinski definition) is 2. The summed E-state index contributed by atoms with van der Waals surface area (Å²) >= 11 is 0. The quantitative estimate of drug-likeness (QED) is 0.275. The zero-order chi connectivity index (χ0) is 22.1. The van der Waals surface area contributed by atoms with Gasteiger partial charge in [0, 0.05) is 57.4 Å². The fraction of sp³-hybridized carbons (Fsp3) is 0.708. The summed E-state index contributed by atoms with van der Waals surface area (Å²) < 4.78 is 17.2. The summed E-state index contributed by atoms with van der Waals surface area (Å²) in [6, 6.07) is 6.84. The van der Waals surface area contributed by atoms with Crippen molar-refractivity contribution in [3.8, 4) is 5.75 Å². The van der Waals surface area contributed by atoms with E-state index in [2.05, 4.69) is 59.5 Å². The summed E-state index contributed by atoms with van der Waals surface area (Å²) in [5.74, 6) is 2.81. The van der Waals surface area contributed by atoms with Crippen LogP contribution < -0.4 is 15.4 Å². The number of nitrogens with zero attached hydrogens (tertiary/aromatic N) is 2. The van der Waals surface area contributed by atoms with Crippen LogP contribution in [0.15, 0.2) is 23.2 Å². The van der Waals surface area contributed by atoms with Crippen molar-refractivity contribution in [2.24, 2.45) is 16.8 Å². The van der Waals surface area contributed by atoms with Gasteiger partial charge in [-0.05, 0) is 30.9 Å². The second-order valence-electron chi connectivity index (χ2n) is 8.92. The Morgan fingerprint density at radius 2 is 1.97 bits per heavy atom. The molecule has 2 heterocycles. The van der Waals surface area contributed by atoms with Gasteiger partial charge in [0.25, 0.3) is 0 Å². The number of ether oxygens (including phenoxy) is 3. The minimum absolute atomic E-state index is 0. The Kier molecular flexibility index (Phi) is 12.1. The lowest BCUT2D eigenvalue weighted by Gasteiger charge is -2.37. The first-order valence-corrected chi connectivity index (χ1v) is 11.6. The third-order valence-electron chi connectivity index (χ3n) is 6.15. The molecule has 2 fully saturated rings. The molecule has 0 aliphatic carbocycles. The molecule has 0 saturated carbocycles. The third-order valence-corrected chi connectivity index (χ3v) is 6.15. The lowest BCUT2D eigenvalue weighted by molar-refractivity contribution is 0.00752. The van der Waals surface area contributed by atoms with Gasteiger partial charge in [-0.25, -0.2) is 0 Å². The maximum Gasteiger partial charge on any atom is 0.191 e. The SMILES string of the molecule is CN=C(NCc1ccc(C)cc1OCC1CCOC1)NCC(C(C)C)N1CCOCC1.I. The first kappa shape index (κ1) is 27.1. The van der Waals surface area contributed by atoms with Gasteiger partial charge in [-0.3, -0.25) is 9.89 Å². The molecule has 2 N–H and O–H groups in total. The number of guanidine groups is 1. The number of rotatable bonds is 9. The molecule has 0 radical (unpaired) electrons. The maximum absolute atomic E-state index is 6.18. The van der Waals surface area contributed by atoms with E-state index in [4.69, 9.17) is 14.2 Å². The highest BCUT2D eigenvalue weighted by Crippen LogP contribution is 2.22. The Balaban J connectivity index is 0.00000363. The van der Waals surface area contributed by atoms with E-state index in [1.807, 2.05) is 7.05 Å². The van der Waals surface area contributed by atoms with Crippen molar-refractivity contribution in [2.45, 2.75) is 39.8 Å². The largest absolute Gasteiger partial charge is 0.493 e. The first-order chi connectivity index (χ1) is 15.1. The molecule has 182 valence electrons. The third kappa shape index (κ3) is 8.35. The molecule has 2 atom stereocenters. The monoisotopic (exact) mass is 560 g/mol. The molecule has 2 saturated heterocycles. The first-order valence-electron chi connectivity index (χ1n) is 11.6. The van der Waals surface area contributed by atoms with Gasteiger partial charge in [-0.1, -0.05) is 26.0 Å². The van der Waals surface area contributed by atoms with Crippen LogP contribution in [0.5, 0.6) is 5.75 Å². The van der Waals surface area contributed by atoms with Crippen LogP contribution >= 0.6 is 24.0 Å². The van der Waals surface area contributed by atoms with Crippen molar-refractivity contribution in [3.05, 3.63) is 29.3 Å². The minimum atomic E-state index is 0. The molecule has 0 bridgehead atoms. The maximum atomic E-state index is 6.18. The van der Waals surface area contributed by atoms with Crippen LogP contribution in [-0.2, 0) is 16.0 Å². The molecule has 2 unspecified atom stereocenters. The number of morpholine rings is 1. The van der Waals surface area contributed by atoms with E-state index in [9.17, 15) is 0 Å². The normalized spacial score (nSPS) is 20.7. The highest BCUT2D eigenvalue weighted by molar-refractivity contribution is 14.0. The second-order valence-corrected chi connectivity index (χ2v) is 8.92. The lowest BCUT2D eigenvalue weighted by Crippen LogP contribution is -2.52. The molecule has 0 spiro atoms. The Hall–Kier alpha value is -1.10. The van der Waals surface area contributed by atoms with Crippen molar-refractivity contribution in [3.63, 3.8) is 0 Å². The van der Waals surface area contributed by atoms with Gasteiger partial charge in [0.1, 0.15) is 5.75 Å². The molecular weight excluding hydrogens is 519 g/mol. The number of halogens is 1. The van der Waals surface area contributed by atoms with Crippen LogP contribution in [-0.4, -0.2) is 76.6 Å². The molecule has 0 aromatic heterocycles. The lowest BCUT2D eigenvalue weighted by atomic mass is 10.0. The summed E-state index contributed by atoms with van der Waals surface area (Å²) in [5.41, 5.74) is 2.34. The predicted molar refractivity (Wildman–Crippen MR) is 140 cm³/mol. The van der Waals surface area contributed by atoms with E-state index in [-0.39, 0.29) is 24.0 Å². The van der Waals surface area contributed by atoms with Crippen LogP contribution in [0.1, 0.15) is 31.4 Å². The molecule has 0 amide bonds. The molecule has 1 aromatic carbocycles. The average Bonchev–Trinajstić information content (AvgIpc) is 3.29. The average molecular weight is 561 g/mol. The number of nitrogens with one attached hydrogen (secondary N) is 2. The van der Waals surface area contributed by atoms with Gasteiger partial charge in [0.15, 0.2) is 5.96 Å². The van der Waals surface area contributed by atoms with Crippen molar-refractivity contribution < 1.29 is 14.2 Å². The number of benzene rings is 1. The van der Waals surface area contributed by atoms with Crippen molar-refractivity contribution >= 4 is 29.9 Å². The molecule has 1 aromatic rings. The Morgan fingerprint density at radius 1 is 1.19 bits per heavy atom. The van der Waals surface area contributed by atoms with Crippen molar-refractivity contribution in [1.82, 2.24) is 15.5 Å². The topological polar surface area (TPSA) is 67.4 Å². The van der Waals surface area contributed by atoms with Crippen LogP contribution in [0.2, 0.25) is 0 Å². The molecule has 8 heteroatoms. The minimum Gasteiger partial charge on any atom is -0.493 e. The summed E-state index contributed by atoms with van der Waals surface area (Å²) in [5, 5.41) is 6.99. The van der Waals surface area contributed by atoms with Gasteiger partial charge in [-0.15, -0.1) is 24.0 Å². The predicted octanol–water partition coefficient (Wildman–Crippen LogP) is 3.05. The summed E-state index contributed by atoms with van der Waals surface area (Å²) in [4.78, 5) is 6.95. The van der Waals surface area contributed by atoms with Gasteiger partial charge in [0.2, 0.25) is 0 Å². The zero-order valence-corrected chi connectivity index (χ0v) is 22.4. The van der Waals surface area contributed by atoms with Gasteiger partial charge < -0.3 is 24.8 Å². The smallest absolute Gasteiger partial charge is 0.191 e. The highest BCUT2D eigenvalue weighted by Gasteiger charge is 2.24. The van der Waals surface area contributed by atoms with E-state index in [1.165, 1.54) is 5.56 Å². The van der Waals surface area contributed by atoms with E-state index < -0.39 is 0 Å². The van der Waals surface area contributed by atoms with Gasteiger partial charge in [-0.2, -0.15) is 0 Å². The second kappa shape index (κ2) is 14.2. The fourth-order valence-electron chi connectivity index (χ4n) is 4.16. The van der Waals surface area contributed by atoms with Crippen molar-refractivity contribution in [1.29, 1.82) is 0 Å². The summed E-state index contributed by atoms with van der Waals surface area (Å²) in [6.07, 6.45) is 1.08. The van der Waals surface area contributed by atoms with E-state index in [0.717, 1.165) is 69.8 Å². The molecule has 32 heavy (non-hydrogen) atoms. The fourth-order valence-corrected chi connectivity index (χ4v) is 4.16. The van der Waals surface area contributed by atoms with E-state index in [1.54, 1.807) is 0 Å². The van der Waals surface area contributed by atoms with Crippen LogP contribution in [0.25, 0.3) is 0 Å². The van der Waals surface area contributed by atoms with Crippen LogP contribution in [0.4, 0.5) is 0 Å². The van der Waals surface area contributed by atoms with Crippen LogP contribution in [0.3, 0.4) is 0 Å². The Bertz CT molecular complexity index is 704. The number of aryl methyl sites for hydroxylation is 1. The van der Waals surface area contributed by atoms with E-state index >= 15 is 0 Å². The summed E-state index contributed by atoms with van der Waals surface area (Å²) in [7, 11) is 1.82. The zero-order valence-electron chi connectivity index (χ0n) is 20.1. The molecule has 3 rings (SSSR count). The van der Waals surface area contributed by atoms with Gasteiger partial charge in [0.05, 0.1) is 26.4 Å². The molecule has 2 aliphatic rings. The summed E-state index contributed by atoms with van der Waals surface area (Å²) in [6.45, 7) is 14.2. The molecule has 7 nitrogen and oxygen atoms in total. The van der Waals surface area contributed by atoms with E-state index in [0.29, 0.717) is 31.0 Å². The Morgan fingerprint density at radius 3 is 2.62 bits per heavy atom. The number of aliphatic imine (C=N–C) groups is 1. The Labute approximate surface area is 210 Å². The molecule has 2 aliphatic heterocycles. The number of hydrogen-bond acceptors (Lipinski definition) is 5.